The summed E-state index contributed by atoms with van der Waals surface area (Å²) in [6, 6.07) is 3.83. The van der Waals surface area contributed by atoms with E-state index in [2.05, 4.69) is 20.6 Å². The van der Waals surface area contributed by atoms with E-state index < -0.39 is 0 Å². The summed E-state index contributed by atoms with van der Waals surface area (Å²) in [4.78, 5) is 8.39. The van der Waals surface area contributed by atoms with Crippen LogP contribution in [-0.2, 0) is 16.0 Å². The smallest absolute Gasteiger partial charge is 0.212 e. The first-order valence-electron chi connectivity index (χ1n) is 8.40. The molecule has 1 aliphatic rings. The second-order valence-corrected chi connectivity index (χ2v) is 5.72. The van der Waals surface area contributed by atoms with Gasteiger partial charge in [0, 0.05) is 51.5 Å². The lowest BCUT2D eigenvalue weighted by molar-refractivity contribution is 0.0888. The van der Waals surface area contributed by atoms with E-state index in [1.165, 1.54) is 0 Å². The van der Waals surface area contributed by atoms with Crippen LogP contribution in [-0.4, -0.2) is 58.1 Å². The van der Waals surface area contributed by atoms with Gasteiger partial charge in [0.15, 0.2) is 5.96 Å². The summed E-state index contributed by atoms with van der Waals surface area (Å²) in [5, 5.41) is 6.54. The Morgan fingerprint density at radius 1 is 1.42 bits per heavy atom. The molecule has 1 atom stereocenters. The van der Waals surface area contributed by atoms with Crippen molar-refractivity contribution in [2.45, 2.75) is 19.4 Å². The van der Waals surface area contributed by atoms with Crippen LogP contribution in [0.15, 0.2) is 23.3 Å². The molecule has 2 N–H and O–H groups in total. The van der Waals surface area contributed by atoms with Crippen LogP contribution in [0.25, 0.3) is 0 Å². The molecule has 0 aliphatic carbocycles. The van der Waals surface area contributed by atoms with Gasteiger partial charge in [0.1, 0.15) is 0 Å². The molecular formula is C17H28N4O3. The normalized spacial score (nSPS) is 17.8. The van der Waals surface area contributed by atoms with Crippen molar-refractivity contribution in [1.82, 2.24) is 15.6 Å². The highest BCUT2D eigenvalue weighted by Crippen LogP contribution is 2.12. The zero-order chi connectivity index (χ0) is 17.0. The molecule has 1 aromatic heterocycles. The molecule has 7 nitrogen and oxygen atoms in total. The third-order valence-electron chi connectivity index (χ3n) is 3.83. The number of hydrogen-bond donors (Lipinski definition) is 2. The number of aliphatic imine (C=N–C) groups is 1. The Kier molecular flexibility index (Phi) is 8.34. The van der Waals surface area contributed by atoms with E-state index in [0.717, 1.165) is 57.3 Å². The Morgan fingerprint density at radius 2 is 2.33 bits per heavy atom. The molecule has 24 heavy (non-hydrogen) atoms. The maximum absolute atomic E-state index is 5.68. The summed E-state index contributed by atoms with van der Waals surface area (Å²) in [6.45, 7) is 4.76. The van der Waals surface area contributed by atoms with Gasteiger partial charge >= 0.3 is 0 Å². The Balaban J connectivity index is 1.54. The fraction of sp³-hybridized carbons (Fsp3) is 0.647. The quantitative estimate of drug-likeness (QED) is 0.401. The standard InChI is InChI=1S/C17H28N4O3/c1-18-17(21-11-14-4-5-16(22-2)20-10-14)19-7-3-8-23-12-15-6-9-24-13-15/h4-5,10,15H,3,6-9,11-13H2,1-2H3,(H2,18,19,21). The molecule has 1 fully saturated rings. The van der Waals surface area contributed by atoms with Crippen LogP contribution in [0, 0.1) is 5.92 Å². The van der Waals surface area contributed by atoms with Crippen LogP contribution in [0.3, 0.4) is 0 Å². The van der Waals surface area contributed by atoms with Crippen LogP contribution in [0.1, 0.15) is 18.4 Å². The monoisotopic (exact) mass is 336 g/mol. The van der Waals surface area contributed by atoms with Gasteiger partial charge in [-0.05, 0) is 18.4 Å². The van der Waals surface area contributed by atoms with Crippen molar-refractivity contribution in [3.05, 3.63) is 23.9 Å². The summed E-state index contributed by atoms with van der Waals surface area (Å²) in [6.07, 6.45) is 3.85. The molecule has 134 valence electrons. The third kappa shape index (κ3) is 6.72. The van der Waals surface area contributed by atoms with E-state index in [0.29, 0.717) is 18.3 Å². The SMILES string of the molecule is CN=C(NCCCOCC1CCOC1)NCc1ccc(OC)nc1. The molecule has 1 saturated heterocycles. The van der Waals surface area contributed by atoms with Gasteiger partial charge in [-0.1, -0.05) is 6.07 Å². The number of aromatic nitrogens is 1. The van der Waals surface area contributed by atoms with E-state index in [1.54, 1.807) is 20.4 Å². The molecule has 1 unspecified atom stereocenters. The molecule has 0 radical (unpaired) electrons. The zero-order valence-corrected chi connectivity index (χ0v) is 14.6. The number of hydrogen-bond acceptors (Lipinski definition) is 5. The number of nitrogens with zero attached hydrogens (tertiary/aromatic N) is 2. The second-order valence-electron chi connectivity index (χ2n) is 5.72. The molecule has 0 spiro atoms. The fourth-order valence-electron chi connectivity index (χ4n) is 2.39. The number of pyridine rings is 1. The van der Waals surface area contributed by atoms with Gasteiger partial charge in [-0.25, -0.2) is 4.98 Å². The number of ether oxygens (including phenoxy) is 3. The highest BCUT2D eigenvalue weighted by molar-refractivity contribution is 5.79. The van der Waals surface area contributed by atoms with E-state index >= 15 is 0 Å². The molecule has 0 saturated carbocycles. The van der Waals surface area contributed by atoms with Gasteiger partial charge in [-0.3, -0.25) is 4.99 Å². The molecule has 2 heterocycles. The van der Waals surface area contributed by atoms with E-state index in [-0.39, 0.29) is 0 Å². The van der Waals surface area contributed by atoms with Crippen LogP contribution < -0.4 is 15.4 Å². The predicted molar refractivity (Wildman–Crippen MR) is 93.4 cm³/mol. The second kappa shape index (κ2) is 10.8. The highest BCUT2D eigenvalue weighted by Gasteiger charge is 2.15. The van der Waals surface area contributed by atoms with Gasteiger partial charge in [0.05, 0.1) is 20.3 Å². The Bertz CT molecular complexity index is 487. The van der Waals surface area contributed by atoms with Gasteiger partial charge in [0.2, 0.25) is 5.88 Å². The molecule has 0 amide bonds. The number of nitrogens with one attached hydrogen (secondary N) is 2. The molecule has 2 rings (SSSR count). The first-order valence-corrected chi connectivity index (χ1v) is 8.40. The van der Waals surface area contributed by atoms with Crippen LogP contribution in [0.2, 0.25) is 0 Å². The minimum absolute atomic E-state index is 0.575. The van der Waals surface area contributed by atoms with E-state index in [1.807, 2.05) is 12.1 Å². The summed E-state index contributed by atoms with van der Waals surface area (Å²) >= 11 is 0. The average Bonchev–Trinajstić information content (AvgIpc) is 3.14. The zero-order valence-electron chi connectivity index (χ0n) is 14.6. The summed E-state index contributed by atoms with van der Waals surface area (Å²) in [5.74, 6) is 1.96. The van der Waals surface area contributed by atoms with Gasteiger partial charge in [0.25, 0.3) is 0 Å². The van der Waals surface area contributed by atoms with Crippen LogP contribution in [0.4, 0.5) is 0 Å². The predicted octanol–water partition coefficient (Wildman–Crippen LogP) is 1.20. The van der Waals surface area contributed by atoms with Gasteiger partial charge in [-0.15, -0.1) is 0 Å². The minimum atomic E-state index is 0.575. The van der Waals surface area contributed by atoms with Gasteiger partial charge in [-0.2, -0.15) is 0 Å². The molecule has 0 bridgehead atoms. The Morgan fingerprint density at radius 3 is 3.00 bits per heavy atom. The first-order chi connectivity index (χ1) is 11.8. The Hall–Kier alpha value is -1.86. The number of rotatable bonds is 9. The van der Waals surface area contributed by atoms with Crippen molar-refractivity contribution in [1.29, 1.82) is 0 Å². The molecule has 0 aromatic carbocycles. The van der Waals surface area contributed by atoms with Crippen molar-refractivity contribution in [2.75, 3.05) is 47.1 Å². The molecular weight excluding hydrogens is 308 g/mol. The maximum Gasteiger partial charge on any atom is 0.212 e. The van der Waals surface area contributed by atoms with Crippen molar-refractivity contribution in [3.63, 3.8) is 0 Å². The van der Waals surface area contributed by atoms with Gasteiger partial charge < -0.3 is 24.8 Å². The topological polar surface area (TPSA) is 77.0 Å². The molecule has 7 heteroatoms. The lowest BCUT2D eigenvalue weighted by atomic mass is 10.1. The molecule has 1 aliphatic heterocycles. The van der Waals surface area contributed by atoms with Crippen molar-refractivity contribution in [2.24, 2.45) is 10.9 Å². The highest BCUT2D eigenvalue weighted by atomic mass is 16.5. The lowest BCUT2D eigenvalue weighted by Gasteiger charge is -2.12. The van der Waals surface area contributed by atoms with Crippen molar-refractivity contribution < 1.29 is 14.2 Å². The fourth-order valence-corrected chi connectivity index (χ4v) is 2.39. The lowest BCUT2D eigenvalue weighted by Crippen LogP contribution is -2.37. The van der Waals surface area contributed by atoms with E-state index in [4.69, 9.17) is 14.2 Å². The van der Waals surface area contributed by atoms with E-state index in [9.17, 15) is 0 Å². The maximum atomic E-state index is 5.68. The van der Waals surface area contributed by atoms with Crippen molar-refractivity contribution >= 4 is 5.96 Å². The van der Waals surface area contributed by atoms with Crippen LogP contribution in [0.5, 0.6) is 5.88 Å². The summed E-state index contributed by atoms with van der Waals surface area (Å²) in [5.41, 5.74) is 1.07. The first kappa shape index (κ1) is 18.5. The third-order valence-corrected chi connectivity index (χ3v) is 3.83. The van der Waals surface area contributed by atoms with Crippen LogP contribution >= 0.6 is 0 Å². The largest absolute Gasteiger partial charge is 0.481 e. The average molecular weight is 336 g/mol. The van der Waals surface area contributed by atoms with Crippen molar-refractivity contribution in [3.8, 4) is 5.88 Å². The summed E-state index contributed by atoms with van der Waals surface area (Å²) in [7, 11) is 3.37. The Labute approximate surface area is 143 Å². The number of guanidine groups is 1. The molecule has 1 aromatic rings. The number of methoxy groups -OCH3 is 1. The summed E-state index contributed by atoms with van der Waals surface area (Å²) < 4.78 is 16.1. The minimum Gasteiger partial charge on any atom is -0.481 e.